The molecule has 0 aromatic rings. The average Bonchev–Trinajstić information content (AvgIpc) is 1.31. The zero-order valence-electron chi connectivity index (χ0n) is 4.37. The highest BCUT2D eigenvalue weighted by Gasteiger charge is 2.19. The molecule has 0 rings (SSSR count). The lowest BCUT2D eigenvalue weighted by Gasteiger charge is -2.08. The number of rotatable bonds is 1. The SMILES string of the molecule is C=S(C)C(C)(F)F. The Morgan fingerprint density at radius 1 is 1.57 bits per heavy atom. The van der Waals surface area contributed by atoms with E-state index in [0.717, 1.165) is 6.92 Å². The maximum absolute atomic E-state index is 11.8. The van der Waals surface area contributed by atoms with Crippen LogP contribution in [0.3, 0.4) is 0 Å². The fraction of sp³-hybridized carbons (Fsp3) is 0.750. The first kappa shape index (κ1) is 7.08. The van der Waals surface area contributed by atoms with Gasteiger partial charge in [-0.15, -0.1) is 10.5 Å². The van der Waals surface area contributed by atoms with Crippen LogP contribution < -0.4 is 0 Å². The molecule has 0 spiro atoms. The maximum atomic E-state index is 11.8. The molecule has 0 aliphatic heterocycles. The van der Waals surface area contributed by atoms with Gasteiger partial charge in [-0.05, 0) is 6.26 Å². The molecule has 0 aromatic carbocycles. The Bertz CT molecular complexity index is 82.2. The van der Waals surface area contributed by atoms with Crippen molar-refractivity contribution in [3.8, 4) is 0 Å². The molecular formula is C4H8F2S. The van der Waals surface area contributed by atoms with Gasteiger partial charge < -0.3 is 0 Å². The minimum absolute atomic E-state index is 0.878. The van der Waals surface area contributed by atoms with E-state index < -0.39 is 15.7 Å². The molecule has 3 heteroatoms. The largest absolute Gasteiger partial charge is 0.285 e. The summed E-state index contributed by atoms with van der Waals surface area (Å²) in [6.07, 6.45) is 1.42. The molecule has 7 heavy (non-hydrogen) atoms. The molecule has 0 saturated carbocycles. The van der Waals surface area contributed by atoms with Gasteiger partial charge in [0.25, 0.3) is 5.25 Å². The summed E-state index contributed by atoms with van der Waals surface area (Å²) in [7, 11) is -1.02. The first-order chi connectivity index (χ1) is 2.94. The van der Waals surface area contributed by atoms with E-state index in [1.54, 1.807) is 0 Å². The van der Waals surface area contributed by atoms with Gasteiger partial charge in [0.1, 0.15) is 0 Å². The summed E-state index contributed by atoms with van der Waals surface area (Å²) >= 11 is 0. The van der Waals surface area contributed by atoms with Crippen molar-refractivity contribution in [3.63, 3.8) is 0 Å². The fourth-order valence-electron chi connectivity index (χ4n) is 0. The van der Waals surface area contributed by atoms with Crippen molar-refractivity contribution in [2.75, 3.05) is 6.26 Å². The van der Waals surface area contributed by atoms with Crippen LogP contribution in [0.4, 0.5) is 8.78 Å². The maximum Gasteiger partial charge on any atom is 0.285 e. The van der Waals surface area contributed by atoms with Gasteiger partial charge in [-0.25, -0.2) is 0 Å². The molecule has 0 heterocycles. The lowest BCUT2D eigenvalue weighted by molar-refractivity contribution is 0.129. The van der Waals surface area contributed by atoms with Crippen LogP contribution in [0.15, 0.2) is 0 Å². The molecule has 0 bridgehead atoms. The Kier molecular flexibility index (Phi) is 1.92. The van der Waals surface area contributed by atoms with Crippen molar-refractivity contribution in [3.05, 3.63) is 0 Å². The zero-order chi connectivity index (χ0) is 6.08. The first-order valence-electron chi connectivity index (χ1n) is 1.78. The second-order valence-electron chi connectivity index (χ2n) is 1.44. The summed E-state index contributed by atoms with van der Waals surface area (Å²) in [6, 6.07) is 0. The summed E-state index contributed by atoms with van der Waals surface area (Å²) in [5.41, 5.74) is 0. The summed E-state index contributed by atoms with van der Waals surface area (Å²) in [5, 5.41) is -2.58. The standard InChI is InChI=1S/C4H8F2S/c1-4(5,6)7(2)3/h2H2,1,3H3. The summed E-state index contributed by atoms with van der Waals surface area (Å²) in [5.74, 6) is 3.19. The molecule has 1 unspecified atom stereocenters. The number of hydrogen-bond donors (Lipinski definition) is 0. The highest BCUT2D eigenvalue weighted by atomic mass is 32.2. The van der Waals surface area contributed by atoms with Crippen LogP contribution >= 0.6 is 10.5 Å². The Balaban J connectivity index is 3.79. The highest BCUT2D eigenvalue weighted by Crippen LogP contribution is 2.29. The van der Waals surface area contributed by atoms with Crippen LogP contribution in [-0.2, 0) is 0 Å². The highest BCUT2D eigenvalue weighted by molar-refractivity contribution is 8.14. The van der Waals surface area contributed by atoms with E-state index in [2.05, 4.69) is 5.87 Å². The van der Waals surface area contributed by atoms with E-state index in [9.17, 15) is 8.78 Å². The minimum Gasteiger partial charge on any atom is -0.195 e. The van der Waals surface area contributed by atoms with Gasteiger partial charge in [0.15, 0.2) is 0 Å². The Morgan fingerprint density at radius 3 is 1.71 bits per heavy atom. The fourth-order valence-corrected chi connectivity index (χ4v) is 0. The minimum atomic E-state index is -2.58. The predicted molar refractivity (Wildman–Crippen MR) is 31.3 cm³/mol. The first-order valence-corrected chi connectivity index (χ1v) is 3.58. The third-order valence-electron chi connectivity index (χ3n) is 0.612. The summed E-state index contributed by atoms with van der Waals surface area (Å²) in [4.78, 5) is 0. The molecule has 0 nitrogen and oxygen atoms in total. The van der Waals surface area contributed by atoms with Gasteiger partial charge in [-0.1, -0.05) is 5.87 Å². The van der Waals surface area contributed by atoms with E-state index in [0.29, 0.717) is 0 Å². The van der Waals surface area contributed by atoms with Crippen molar-refractivity contribution < 1.29 is 8.78 Å². The van der Waals surface area contributed by atoms with E-state index in [-0.39, 0.29) is 0 Å². The van der Waals surface area contributed by atoms with E-state index in [4.69, 9.17) is 0 Å². The molecule has 0 amide bonds. The van der Waals surface area contributed by atoms with Crippen molar-refractivity contribution in [2.24, 2.45) is 0 Å². The second kappa shape index (κ2) is 1.90. The third kappa shape index (κ3) is 2.74. The van der Waals surface area contributed by atoms with Crippen LogP contribution in [0.2, 0.25) is 0 Å². The van der Waals surface area contributed by atoms with Crippen LogP contribution in [-0.4, -0.2) is 17.4 Å². The van der Waals surface area contributed by atoms with Crippen LogP contribution in [0.5, 0.6) is 0 Å². The molecule has 0 radical (unpaired) electrons. The van der Waals surface area contributed by atoms with Gasteiger partial charge >= 0.3 is 0 Å². The van der Waals surface area contributed by atoms with Crippen molar-refractivity contribution in [1.29, 1.82) is 0 Å². The van der Waals surface area contributed by atoms with Crippen molar-refractivity contribution >= 4 is 16.4 Å². The quantitative estimate of drug-likeness (QED) is 0.471. The number of alkyl halides is 2. The molecule has 44 valence electrons. The average molecular weight is 126 g/mol. The number of hydrogen-bond acceptors (Lipinski definition) is 0. The molecule has 1 atom stereocenters. The van der Waals surface area contributed by atoms with Crippen molar-refractivity contribution in [2.45, 2.75) is 12.2 Å². The smallest absolute Gasteiger partial charge is 0.195 e. The van der Waals surface area contributed by atoms with Crippen molar-refractivity contribution in [1.82, 2.24) is 0 Å². The van der Waals surface area contributed by atoms with Gasteiger partial charge in [0, 0.05) is 6.92 Å². The van der Waals surface area contributed by atoms with Crippen LogP contribution in [0, 0.1) is 0 Å². The van der Waals surface area contributed by atoms with Gasteiger partial charge in [0.2, 0.25) is 0 Å². The summed E-state index contributed by atoms with van der Waals surface area (Å²) < 4.78 is 23.6. The van der Waals surface area contributed by atoms with Gasteiger partial charge in [-0.3, -0.25) is 0 Å². The monoisotopic (exact) mass is 126 g/mol. The van der Waals surface area contributed by atoms with Crippen LogP contribution in [0.25, 0.3) is 0 Å². The lowest BCUT2D eigenvalue weighted by atomic mass is 10.9. The van der Waals surface area contributed by atoms with E-state index in [1.807, 2.05) is 0 Å². The molecule has 0 fully saturated rings. The zero-order valence-corrected chi connectivity index (χ0v) is 5.19. The molecule has 0 saturated heterocycles. The number of halogens is 2. The van der Waals surface area contributed by atoms with Crippen LogP contribution in [0.1, 0.15) is 6.92 Å². The predicted octanol–water partition coefficient (Wildman–Crippen LogP) is 1.93. The molecule has 0 aliphatic carbocycles. The molecule has 0 N–H and O–H groups in total. The van der Waals surface area contributed by atoms with E-state index >= 15 is 0 Å². The van der Waals surface area contributed by atoms with Gasteiger partial charge in [-0.2, -0.15) is 8.78 Å². The van der Waals surface area contributed by atoms with E-state index in [1.165, 1.54) is 6.26 Å². The van der Waals surface area contributed by atoms with Gasteiger partial charge in [0.05, 0.1) is 0 Å². The summed E-state index contributed by atoms with van der Waals surface area (Å²) in [6.45, 7) is 0.878. The normalized spacial score (nSPS) is 16.6. The lowest BCUT2D eigenvalue weighted by Crippen LogP contribution is -2.03. The Hall–Kier alpha value is 0.0800. The third-order valence-corrected chi connectivity index (χ3v) is 1.84. The second-order valence-corrected chi connectivity index (χ2v) is 3.44. The molecule has 0 aromatic heterocycles. The Morgan fingerprint density at radius 2 is 1.71 bits per heavy atom. The topological polar surface area (TPSA) is 0 Å². The molecular weight excluding hydrogens is 118 g/mol. The Labute approximate surface area is 44.5 Å². The molecule has 0 aliphatic rings.